The lowest BCUT2D eigenvalue weighted by Gasteiger charge is -2.34. The molecule has 0 saturated carbocycles. The molecule has 1 aromatic carbocycles. The molecule has 31 heavy (non-hydrogen) atoms. The second-order valence-electron chi connectivity index (χ2n) is 7.12. The first kappa shape index (κ1) is 21.8. The first-order valence-electron chi connectivity index (χ1n) is 9.63. The van der Waals surface area contributed by atoms with Gasteiger partial charge in [0, 0.05) is 36.9 Å². The predicted octanol–water partition coefficient (Wildman–Crippen LogP) is 2.79. The Bertz CT molecular complexity index is 1140. The van der Waals surface area contributed by atoms with Crippen molar-refractivity contribution in [1.82, 2.24) is 19.7 Å². The third kappa shape index (κ3) is 5.85. The minimum absolute atomic E-state index is 0.0620. The lowest BCUT2D eigenvalue weighted by atomic mass is 10.0. The van der Waals surface area contributed by atoms with Gasteiger partial charge in [-0.05, 0) is 36.7 Å². The Morgan fingerprint density at radius 3 is 2.77 bits per heavy atom. The van der Waals surface area contributed by atoms with Crippen LogP contribution in [0, 0.1) is 0 Å². The van der Waals surface area contributed by atoms with Gasteiger partial charge < -0.3 is 15.2 Å². The Hall–Kier alpha value is -2.41. The lowest BCUT2D eigenvalue weighted by Crippen LogP contribution is -2.44. The molecule has 0 aliphatic carbocycles. The van der Waals surface area contributed by atoms with Crippen molar-refractivity contribution in [2.24, 2.45) is 0 Å². The van der Waals surface area contributed by atoms with E-state index in [0.29, 0.717) is 37.3 Å². The summed E-state index contributed by atoms with van der Waals surface area (Å²) in [7, 11) is -3.21. The van der Waals surface area contributed by atoms with Gasteiger partial charge in [-0.2, -0.15) is 0 Å². The van der Waals surface area contributed by atoms with E-state index in [1.807, 2.05) is 24.3 Å². The van der Waals surface area contributed by atoms with E-state index in [4.69, 9.17) is 0 Å². The zero-order valence-corrected chi connectivity index (χ0v) is 19.2. The van der Waals surface area contributed by atoms with Gasteiger partial charge in [-0.25, -0.2) is 23.1 Å². The summed E-state index contributed by atoms with van der Waals surface area (Å²) in [6.07, 6.45) is 5.99. The van der Waals surface area contributed by atoms with E-state index < -0.39 is 10.0 Å². The highest BCUT2D eigenvalue weighted by molar-refractivity contribution is 8.00. The highest BCUT2D eigenvalue weighted by Crippen LogP contribution is 2.30. The first-order chi connectivity index (χ1) is 14.9. The van der Waals surface area contributed by atoms with Crippen molar-refractivity contribution in [2.75, 3.05) is 29.6 Å². The molecule has 1 aliphatic heterocycles. The zero-order chi connectivity index (χ0) is 21.8. The van der Waals surface area contributed by atoms with Gasteiger partial charge in [0.2, 0.25) is 10.0 Å². The molecule has 12 heteroatoms. The molecule has 1 aliphatic rings. The number of sulfonamides is 1. The number of rotatable bonds is 7. The van der Waals surface area contributed by atoms with Crippen LogP contribution in [0.1, 0.15) is 23.3 Å². The number of amides is 1. The second-order valence-corrected chi connectivity index (χ2v) is 11.0. The molecule has 1 saturated heterocycles. The van der Waals surface area contributed by atoms with Crippen LogP contribution in [0.15, 0.2) is 51.5 Å². The largest absolute Gasteiger partial charge is 0.370 e. The molecule has 2 aromatic heterocycles. The van der Waals surface area contributed by atoms with Crippen molar-refractivity contribution in [3.63, 3.8) is 0 Å². The molecule has 0 radical (unpaired) electrons. The van der Waals surface area contributed by atoms with Gasteiger partial charge in [0.1, 0.15) is 5.69 Å². The number of hydrogen-bond donors (Lipinski definition) is 3. The van der Waals surface area contributed by atoms with Crippen LogP contribution >= 0.6 is 23.1 Å². The van der Waals surface area contributed by atoms with E-state index in [1.165, 1.54) is 29.4 Å². The smallest absolute Gasteiger partial charge is 0.275 e. The Morgan fingerprint density at radius 2 is 2.06 bits per heavy atom. The fraction of sp³-hybridized carbons (Fsp3) is 0.316. The molecule has 9 nitrogen and oxygen atoms in total. The Morgan fingerprint density at radius 1 is 1.29 bits per heavy atom. The Labute approximate surface area is 188 Å². The third-order valence-electron chi connectivity index (χ3n) is 4.74. The van der Waals surface area contributed by atoms with Gasteiger partial charge in [-0.3, -0.25) is 4.79 Å². The molecule has 1 fully saturated rings. The van der Waals surface area contributed by atoms with E-state index >= 15 is 0 Å². The van der Waals surface area contributed by atoms with Crippen LogP contribution in [0.4, 0.5) is 11.4 Å². The summed E-state index contributed by atoms with van der Waals surface area (Å²) in [6, 6.07) is 7.55. The zero-order valence-electron chi connectivity index (χ0n) is 16.7. The number of piperidine rings is 1. The Balaban J connectivity index is 1.41. The fourth-order valence-corrected chi connectivity index (χ4v) is 5.87. The van der Waals surface area contributed by atoms with Crippen LogP contribution in [-0.2, 0) is 10.0 Å². The van der Waals surface area contributed by atoms with Crippen molar-refractivity contribution in [1.29, 1.82) is 0 Å². The number of carbonyl (C=O) groups is 1. The van der Waals surface area contributed by atoms with E-state index in [0.717, 1.165) is 15.2 Å². The average molecular weight is 479 g/mol. The number of carbonyl (C=O) groups excluding carboxylic acids is 1. The summed E-state index contributed by atoms with van der Waals surface area (Å²) in [6.45, 7) is 1.39. The second kappa shape index (κ2) is 9.39. The van der Waals surface area contributed by atoms with E-state index in [9.17, 15) is 13.2 Å². The first-order valence-corrected chi connectivity index (χ1v) is 13.2. The van der Waals surface area contributed by atoms with Crippen molar-refractivity contribution in [2.45, 2.75) is 28.4 Å². The summed E-state index contributed by atoms with van der Waals surface area (Å²) in [5.74, 6) is -0.274. The topological polar surface area (TPSA) is 120 Å². The van der Waals surface area contributed by atoms with Gasteiger partial charge in [0.05, 0.1) is 17.6 Å². The molecule has 1 amide bonds. The van der Waals surface area contributed by atoms with Crippen molar-refractivity contribution < 1.29 is 13.2 Å². The maximum absolute atomic E-state index is 12.8. The molecule has 0 spiro atoms. The average Bonchev–Trinajstić information content (AvgIpc) is 3.41. The van der Waals surface area contributed by atoms with Crippen LogP contribution in [0.5, 0.6) is 0 Å². The summed E-state index contributed by atoms with van der Waals surface area (Å²) in [4.78, 5) is 26.5. The number of imidazole rings is 1. The number of aromatic amines is 1. The third-order valence-corrected chi connectivity index (χ3v) is 7.36. The fourth-order valence-electron chi connectivity index (χ4n) is 3.38. The van der Waals surface area contributed by atoms with Gasteiger partial charge in [-0.15, -0.1) is 11.3 Å². The number of benzene rings is 1. The van der Waals surface area contributed by atoms with Crippen LogP contribution < -0.4 is 14.9 Å². The number of nitrogens with one attached hydrogen (secondary N) is 3. The minimum Gasteiger partial charge on any atom is -0.370 e. The van der Waals surface area contributed by atoms with Crippen molar-refractivity contribution in [3.8, 4) is 0 Å². The number of hydrogen-bond acceptors (Lipinski definition) is 8. The number of H-pyrrole nitrogens is 1. The summed E-state index contributed by atoms with van der Waals surface area (Å²) >= 11 is 2.76. The van der Waals surface area contributed by atoms with Crippen LogP contribution in [0.25, 0.3) is 0 Å². The number of nitrogens with zero attached hydrogens (tertiary/aromatic N) is 3. The summed E-state index contributed by atoms with van der Waals surface area (Å²) < 4.78 is 26.3. The number of thiazole rings is 1. The van der Waals surface area contributed by atoms with E-state index in [2.05, 4.69) is 29.9 Å². The molecular weight excluding hydrogens is 456 g/mol. The molecule has 3 N–H and O–H groups in total. The standard InChI is InChI=1S/C19H22N6O3S3/c1-31(27,28)24-13-6-10-25(11-7-13)16-5-3-2-4-14(16)22-17(26)15-12-29-19(23-15)30-18-20-8-9-21-18/h2-5,8-9,12-13,24H,6-7,10-11H2,1H3,(H,20,21)(H,22,26). The lowest BCUT2D eigenvalue weighted by molar-refractivity contribution is 0.102. The maximum Gasteiger partial charge on any atom is 0.275 e. The van der Waals surface area contributed by atoms with Gasteiger partial charge in [0.15, 0.2) is 9.50 Å². The monoisotopic (exact) mass is 478 g/mol. The molecule has 0 bridgehead atoms. The van der Waals surface area contributed by atoms with Gasteiger partial charge in [0.25, 0.3) is 5.91 Å². The number of aromatic nitrogens is 3. The predicted molar refractivity (Wildman–Crippen MR) is 122 cm³/mol. The molecular formula is C19H22N6O3S3. The van der Waals surface area contributed by atoms with Crippen LogP contribution in [0.3, 0.4) is 0 Å². The van der Waals surface area contributed by atoms with Crippen LogP contribution in [-0.4, -0.2) is 54.7 Å². The van der Waals surface area contributed by atoms with Gasteiger partial charge >= 0.3 is 0 Å². The molecule has 3 heterocycles. The highest BCUT2D eigenvalue weighted by Gasteiger charge is 2.23. The van der Waals surface area contributed by atoms with Crippen LogP contribution in [0.2, 0.25) is 0 Å². The number of para-hydroxylation sites is 2. The SMILES string of the molecule is CS(=O)(=O)NC1CCN(c2ccccc2NC(=O)c2csc(Sc3ncc[nH]3)n2)CC1. The maximum atomic E-state index is 12.8. The molecule has 164 valence electrons. The van der Waals surface area contributed by atoms with E-state index in [-0.39, 0.29) is 11.9 Å². The normalized spacial score (nSPS) is 15.2. The van der Waals surface area contributed by atoms with Crippen molar-refractivity contribution in [3.05, 3.63) is 47.7 Å². The molecule has 0 atom stereocenters. The van der Waals surface area contributed by atoms with E-state index in [1.54, 1.807) is 17.8 Å². The molecule has 4 rings (SSSR count). The van der Waals surface area contributed by atoms with Crippen molar-refractivity contribution >= 4 is 50.4 Å². The van der Waals surface area contributed by atoms with Gasteiger partial charge in [-0.1, -0.05) is 12.1 Å². The highest BCUT2D eigenvalue weighted by atomic mass is 32.2. The summed E-state index contributed by atoms with van der Waals surface area (Å²) in [5, 5.41) is 5.42. The number of anilines is 2. The minimum atomic E-state index is -3.21. The quantitative estimate of drug-likeness (QED) is 0.478. The molecule has 0 unspecified atom stereocenters. The molecule has 3 aromatic rings. The Kier molecular flexibility index (Phi) is 6.60. The summed E-state index contributed by atoms with van der Waals surface area (Å²) in [5.41, 5.74) is 1.97.